The van der Waals surface area contributed by atoms with Crippen LogP contribution in [0.15, 0.2) is 48.5 Å². The highest BCUT2D eigenvalue weighted by Crippen LogP contribution is 2.27. The van der Waals surface area contributed by atoms with Crippen LogP contribution in [0.25, 0.3) is 0 Å². The topological polar surface area (TPSA) is 66.4 Å². The second kappa shape index (κ2) is 10.4. The van der Waals surface area contributed by atoms with Gasteiger partial charge < -0.3 is 10.4 Å². The van der Waals surface area contributed by atoms with Crippen molar-refractivity contribution in [2.45, 2.75) is 64.8 Å². The second-order valence-corrected chi connectivity index (χ2v) is 8.78. The molecule has 2 N–H and O–H groups in total. The number of carbonyl (C=O) groups excluding carboxylic acids is 1. The molecule has 1 saturated carbocycles. The summed E-state index contributed by atoms with van der Waals surface area (Å²) in [5, 5.41) is 12.4. The number of carboxylic acids is 1. The molecule has 0 bridgehead atoms. The quantitative estimate of drug-likeness (QED) is 0.629. The zero-order valence-corrected chi connectivity index (χ0v) is 18.1. The first kappa shape index (κ1) is 22.1. The number of carbonyl (C=O) groups is 2. The Morgan fingerprint density at radius 3 is 2.17 bits per heavy atom. The van der Waals surface area contributed by atoms with Crippen LogP contribution >= 0.6 is 0 Å². The fourth-order valence-electron chi connectivity index (χ4n) is 4.34. The van der Waals surface area contributed by atoms with E-state index in [2.05, 4.69) is 17.4 Å². The van der Waals surface area contributed by atoms with Crippen molar-refractivity contribution in [3.8, 4) is 0 Å². The molecule has 0 spiro atoms. The lowest BCUT2D eigenvalue weighted by molar-refractivity contribution is -0.142. The van der Waals surface area contributed by atoms with Crippen molar-refractivity contribution in [3.63, 3.8) is 0 Å². The smallest absolute Gasteiger partial charge is 0.308 e. The van der Waals surface area contributed by atoms with Crippen molar-refractivity contribution < 1.29 is 14.7 Å². The van der Waals surface area contributed by atoms with Crippen molar-refractivity contribution in [1.29, 1.82) is 0 Å². The molecule has 1 fully saturated rings. The molecule has 30 heavy (non-hydrogen) atoms. The van der Waals surface area contributed by atoms with Crippen molar-refractivity contribution in [1.82, 2.24) is 5.32 Å². The van der Waals surface area contributed by atoms with E-state index in [0.717, 1.165) is 29.0 Å². The lowest BCUT2D eigenvalue weighted by Crippen LogP contribution is -2.36. The first-order chi connectivity index (χ1) is 14.4. The van der Waals surface area contributed by atoms with Crippen LogP contribution < -0.4 is 5.32 Å². The summed E-state index contributed by atoms with van der Waals surface area (Å²) in [7, 11) is 0. The Balaban J connectivity index is 1.61. The molecule has 3 rings (SSSR count). The van der Waals surface area contributed by atoms with Crippen LogP contribution in [0.5, 0.6) is 0 Å². The van der Waals surface area contributed by atoms with Gasteiger partial charge in [-0.05, 0) is 42.9 Å². The summed E-state index contributed by atoms with van der Waals surface area (Å²) in [6, 6.07) is 15.4. The zero-order valence-electron chi connectivity index (χ0n) is 18.1. The molecule has 0 heterocycles. The average Bonchev–Trinajstić information content (AvgIpc) is 2.74. The van der Waals surface area contributed by atoms with Gasteiger partial charge in [-0.2, -0.15) is 0 Å². The molecule has 0 aromatic heterocycles. The number of benzene rings is 2. The molecule has 2 aromatic carbocycles. The van der Waals surface area contributed by atoms with E-state index in [1.807, 2.05) is 43.3 Å². The minimum atomic E-state index is -0.923. The van der Waals surface area contributed by atoms with E-state index in [1.165, 1.54) is 37.7 Å². The summed E-state index contributed by atoms with van der Waals surface area (Å²) in [5.74, 6) is -1.00. The minimum Gasteiger partial charge on any atom is -0.481 e. The Morgan fingerprint density at radius 2 is 1.57 bits per heavy atom. The van der Waals surface area contributed by atoms with Crippen molar-refractivity contribution in [2.75, 3.05) is 0 Å². The number of hydrogen-bond acceptors (Lipinski definition) is 2. The zero-order chi connectivity index (χ0) is 21.5. The van der Waals surface area contributed by atoms with Crippen molar-refractivity contribution in [3.05, 3.63) is 70.8 Å². The molecule has 0 saturated heterocycles. The van der Waals surface area contributed by atoms with E-state index < -0.39 is 17.9 Å². The maximum absolute atomic E-state index is 12.7. The standard InChI is InChI=1S/C26H33NO3/c1-18-8-14-23(15-9-18)25(19(2)26(29)30)27-24(28)17-22-12-10-21(11-13-22)16-20-6-4-3-5-7-20/h8-15,19-20,25H,3-7,16-17H2,1-2H3,(H,27,28)(H,29,30)/t19-,25+/m1/s1. The molecule has 2 aromatic rings. The summed E-state index contributed by atoms with van der Waals surface area (Å²) in [4.78, 5) is 24.3. The SMILES string of the molecule is Cc1ccc([C@@H](NC(=O)Cc2ccc(CC3CCCCC3)cc2)[C@@H](C)C(=O)O)cc1. The molecule has 0 aliphatic heterocycles. The third-order valence-electron chi connectivity index (χ3n) is 6.28. The molecule has 1 aliphatic rings. The first-order valence-electron chi connectivity index (χ1n) is 11.1. The van der Waals surface area contributed by atoms with Gasteiger partial charge in [-0.1, -0.05) is 86.2 Å². The highest BCUT2D eigenvalue weighted by atomic mass is 16.4. The van der Waals surface area contributed by atoms with Gasteiger partial charge in [0.15, 0.2) is 0 Å². The Labute approximate surface area is 179 Å². The van der Waals surface area contributed by atoms with E-state index >= 15 is 0 Å². The number of aryl methyl sites for hydroxylation is 1. The number of aliphatic carboxylic acids is 1. The normalized spacial score (nSPS) is 16.6. The highest BCUT2D eigenvalue weighted by molar-refractivity contribution is 5.80. The van der Waals surface area contributed by atoms with E-state index in [1.54, 1.807) is 6.92 Å². The molecule has 4 heteroatoms. The molecule has 0 radical (unpaired) electrons. The molecular formula is C26H33NO3. The summed E-state index contributed by atoms with van der Waals surface area (Å²) in [6.45, 7) is 3.61. The van der Waals surface area contributed by atoms with Gasteiger partial charge in [0.05, 0.1) is 18.4 Å². The Hall–Kier alpha value is -2.62. The molecule has 160 valence electrons. The van der Waals surface area contributed by atoms with E-state index in [9.17, 15) is 14.7 Å². The van der Waals surface area contributed by atoms with Crippen LogP contribution in [0.4, 0.5) is 0 Å². The second-order valence-electron chi connectivity index (χ2n) is 8.78. The fourth-order valence-corrected chi connectivity index (χ4v) is 4.34. The van der Waals surface area contributed by atoms with E-state index in [0.29, 0.717) is 0 Å². The molecule has 1 aliphatic carbocycles. The van der Waals surface area contributed by atoms with Crippen LogP contribution in [0, 0.1) is 18.8 Å². The van der Waals surface area contributed by atoms with Gasteiger partial charge in [-0.15, -0.1) is 0 Å². The minimum absolute atomic E-state index is 0.159. The lowest BCUT2D eigenvalue weighted by atomic mass is 9.85. The van der Waals surface area contributed by atoms with Crippen LogP contribution in [0.2, 0.25) is 0 Å². The summed E-state index contributed by atoms with van der Waals surface area (Å²) in [5.41, 5.74) is 4.19. The summed E-state index contributed by atoms with van der Waals surface area (Å²) < 4.78 is 0. The largest absolute Gasteiger partial charge is 0.481 e. The number of rotatable bonds is 8. The number of hydrogen-bond donors (Lipinski definition) is 2. The Morgan fingerprint density at radius 1 is 0.967 bits per heavy atom. The molecule has 0 unspecified atom stereocenters. The van der Waals surface area contributed by atoms with Crippen LogP contribution in [-0.4, -0.2) is 17.0 Å². The predicted molar refractivity (Wildman–Crippen MR) is 119 cm³/mol. The number of carboxylic acid groups (broad SMARTS) is 1. The maximum atomic E-state index is 12.7. The van der Waals surface area contributed by atoms with Gasteiger partial charge in [0.1, 0.15) is 0 Å². The van der Waals surface area contributed by atoms with Gasteiger partial charge in [-0.3, -0.25) is 9.59 Å². The number of nitrogens with one attached hydrogen (secondary N) is 1. The van der Waals surface area contributed by atoms with Gasteiger partial charge in [0, 0.05) is 0 Å². The summed E-state index contributed by atoms with van der Waals surface area (Å²) >= 11 is 0. The average molecular weight is 408 g/mol. The summed E-state index contributed by atoms with van der Waals surface area (Å²) in [6.07, 6.45) is 8.09. The Kier molecular flexibility index (Phi) is 7.67. The van der Waals surface area contributed by atoms with Crippen LogP contribution in [0.3, 0.4) is 0 Å². The maximum Gasteiger partial charge on any atom is 0.308 e. The molecule has 2 atom stereocenters. The highest BCUT2D eigenvalue weighted by Gasteiger charge is 2.26. The van der Waals surface area contributed by atoms with Gasteiger partial charge in [-0.25, -0.2) is 0 Å². The fraction of sp³-hybridized carbons (Fsp3) is 0.462. The molecule has 1 amide bonds. The molecular weight excluding hydrogens is 374 g/mol. The van der Waals surface area contributed by atoms with Crippen molar-refractivity contribution >= 4 is 11.9 Å². The predicted octanol–water partition coefficient (Wildman–Crippen LogP) is 5.24. The van der Waals surface area contributed by atoms with Crippen LogP contribution in [0.1, 0.15) is 67.3 Å². The van der Waals surface area contributed by atoms with Crippen molar-refractivity contribution in [2.24, 2.45) is 11.8 Å². The monoisotopic (exact) mass is 407 g/mol. The Bertz CT molecular complexity index is 836. The van der Waals surface area contributed by atoms with E-state index in [-0.39, 0.29) is 12.3 Å². The van der Waals surface area contributed by atoms with E-state index in [4.69, 9.17) is 0 Å². The molecule has 4 nitrogen and oxygen atoms in total. The third kappa shape index (κ3) is 6.19. The lowest BCUT2D eigenvalue weighted by Gasteiger charge is -2.23. The van der Waals surface area contributed by atoms with Gasteiger partial charge in [0.2, 0.25) is 5.91 Å². The third-order valence-corrected chi connectivity index (χ3v) is 6.28. The van der Waals surface area contributed by atoms with Crippen LogP contribution in [-0.2, 0) is 22.4 Å². The number of amides is 1. The van der Waals surface area contributed by atoms with Gasteiger partial charge >= 0.3 is 5.97 Å². The first-order valence-corrected chi connectivity index (χ1v) is 11.1. The van der Waals surface area contributed by atoms with Gasteiger partial charge in [0.25, 0.3) is 0 Å².